The third-order valence-corrected chi connectivity index (χ3v) is 6.45. The molecule has 1 amide bonds. The highest BCUT2D eigenvalue weighted by molar-refractivity contribution is 7.11. The number of nitrogens with two attached hydrogens (primary N) is 1. The molecule has 29 heavy (non-hydrogen) atoms. The molecule has 154 valence electrons. The number of carbonyl (C=O) groups excluding carboxylic acids is 1. The topological polar surface area (TPSA) is 108 Å². The van der Waals surface area contributed by atoms with Gasteiger partial charge in [-0.05, 0) is 38.8 Å². The molecule has 3 heterocycles. The molecule has 0 unspecified atom stereocenters. The van der Waals surface area contributed by atoms with Crippen LogP contribution in [0.15, 0.2) is 22.7 Å². The number of hydrogen-bond acceptors (Lipinski definition) is 7. The minimum atomic E-state index is -0.600. The number of aliphatic hydroxyl groups is 1. The number of furan rings is 1. The van der Waals surface area contributed by atoms with Crippen LogP contribution in [0, 0.1) is 13.8 Å². The quantitative estimate of drug-likeness (QED) is 0.639. The summed E-state index contributed by atoms with van der Waals surface area (Å²) in [6.07, 6.45) is 3.02. The maximum Gasteiger partial charge on any atom is 0.252 e. The van der Waals surface area contributed by atoms with E-state index in [1.165, 1.54) is 0 Å². The molecular weight excluding hydrogens is 392 g/mol. The summed E-state index contributed by atoms with van der Waals surface area (Å²) in [6, 6.07) is 3.63. The van der Waals surface area contributed by atoms with Crippen LogP contribution in [-0.2, 0) is 16.8 Å². The number of ether oxygens (including phenoxy) is 2. The lowest BCUT2D eigenvalue weighted by Crippen LogP contribution is -2.38. The molecule has 0 aliphatic carbocycles. The fourth-order valence-corrected chi connectivity index (χ4v) is 4.81. The highest BCUT2D eigenvalue weighted by Gasteiger charge is 2.40. The van der Waals surface area contributed by atoms with Gasteiger partial charge in [-0.1, -0.05) is 0 Å². The fourth-order valence-electron chi connectivity index (χ4n) is 4.10. The van der Waals surface area contributed by atoms with Gasteiger partial charge < -0.3 is 24.7 Å². The van der Waals surface area contributed by atoms with E-state index in [1.807, 2.05) is 13.0 Å². The van der Waals surface area contributed by atoms with Crippen molar-refractivity contribution in [3.63, 3.8) is 0 Å². The zero-order valence-corrected chi connectivity index (χ0v) is 17.3. The Bertz CT molecular complexity index is 1050. The molecule has 0 radical (unpaired) electrons. The first-order valence-corrected chi connectivity index (χ1v) is 10.4. The molecule has 0 atom stereocenters. The number of nitrogens with zero attached hydrogens (tertiary/aromatic N) is 1. The lowest BCUT2D eigenvalue weighted by atomic mass is 9.72. The van der Waals surface area contributed by atoms with Gasteiger partial charge >= 0.3 is 0 Å². The van der Waals surface area contributed by atoms with Gasteiger partial charge in [0.25, 0.3) is 5.91 Å². The van der Waals surface area contributed by atoms with Gasteiger partial charge in [-0.25, -0.2) is 4.98 Å². The fraction of sp³-hybridized carbons (Fsp3) is 0.429. The summed E-state index contributed by atoms with van der Waals surface area (Å²) in [5.41, 5.74) is 6.77. The van der Waals surface area contributed by atoms with Crippen molar-refractivity contribution in [2.75, 3.05) is 19.8 Å². The monoisotopic (exact) mass is 416 g/mol. The minimum Gasteiger partial charge on any atom is -0.488 e. The van der Waals surface area contributed by atoms with E-state index in [2.05, 4.69) is 4.98 Å². The number of amides is 1. The van der Waals surface area contributed by atoms with Gasteiger partial charge in [0.2, 0.25) is 0 Å². The second kappa shape index (κ2) is 7.78. The van der Waals surface area contributed by atoms with Crippen molar-refractivity contribution in [1.29, 1.82) is 0 Å². The molecular formula is C21H24N2O5S. The molecule has 0 saturated carbocycles. The van der Waals surface area contributed by atoms with Crippen molar-refractivity contribution in [3.05, 3.63) is 45.1 Å². The van der Waals surface area contributed by atoms with Gasteiger partial charge in [0.05, 0.1) is 22.1 Å². The van der Waals surface area contributed by atoms with Gasteiger partial charge in [0, 0.05) is 35.8 Å². The van der Waals surface area contributed by atoms with Crippen LogP contribution < -0.4 is 10.5 Å². The second-order valence-electron chi connectivity index (χ2n) is 7.39. The number of aliphatic hydroxyl groups excluding tert-OH is 1. The van der Waals surface area contributed by atoms with E-state index in [1.54, 1.807) is 30.5 Å². The predicted molar refractivity (Wildman–Crippen MR) is 109 cm³/mol. The molecule has 3 N–H and O–H groups in total. The Labute approximate surface area is 172 Å². The molecule has 8 heteroatoms. The predicted octanol–water partition coefficient (Wildman–Crippen LogP) is 3.22. The number of primary amides is 1. The number of aromatic nitrogens is 1. The van der Waals surface area contributed by atoms with Crippen molar-refractivity contribution < 1.29 is 23.8 Å². The third-order valence-electron chi connectivity index (χ3n) is 5.56. The van der Waals surface area contributed by atoms with Crippen LogP contribution in [0.25, 0.3) is 11.0 Å². The number of rotatable bonds is 6. The lowest BCUT2D eigenvalue weighted by Gasteiger charge is -2.37. The maximum absolute atomic E-state index is 12.2. The van der Waals surface area contributed by atoms with Gasteiger partial charge in [-0.15, -0.1) is 11.3 Å². The Morgan fingerprint density at radius 3 is 2.72 bits per heavy atom. The second-order valence-corrected chi connectivity index (χ2v) is 8.71. The summed E-state index contributed by atoms with van der Waals surface area (Å²) in [5.74, 6) is 0.518. The van der Waals surface area contributed by atoms with Crippen LogP contribution in [0.1, 0.15) is 44.4 Å². The molecule has 7 nitrogen and oxygen atoms in total. The number of benzene rings is 1. The number of fused-ring (bicyclic) bond motifs is 1. The average Bonchev–Trinajstić information content (AvgIpc) is 3.28. The first-order valence-electron chi connectivity index (χ1n) is 9.54. The van der Waals surface area contributed by atoms with E-state index in [4.69, 9.17) is 19.6 Å². The smallest absolute Gasteiger partial charge is 0.252 e. The SMILES string of the molecule is Cc1ncc(COc2ccc3oc(C)c(C(N)=O)c3c2C2(CO)CCOCC2)s1. The van der Waals surface area contributed by atoms with Gasteiger partial charge in [0.15, 0.2) is 0 Å². The highest BCUT2D eigenvalue weighted by atomic mass is 32.1. The van der Waals surface area contributed by atoms with Gasteiger partial charge in [0.1, 0.15) is 23.7 Å². The molecule has 1 aromatic carbocycles. The molecule has 0 bridgehead atoms. The lowest BCUT2D eigenvalue weighted by molar-refractivity contribution is 0.0247. The maximum atomic E-state index is 12.2. The normalized spacial score (nSPS) is 16.2. The zero-order valence-electron chi connectivity index (χ0n) is 16.5. The van der Waals surface area contributed by atoms with E-state index in [9.17, 15) is 9.90 Å². The van der Waals surface area contributed by atoms with Crippen molar-refractivity contribution in [2.24, 2.45) is 5.73 Å². The Kier molecular flexibility index (Phi) is 5.33. The van der Waals surface area contributed by atoms with Crippen LogP contribution in [0.3, 0.4) is 0 Å². The van der Waals surface area contributed by atoms with E-state index >= 15 is 0 Å². The molecule has 1 fully saturated rings. The summed E-state index contributed by atoms with van der Waals surface area (Å²) in [4.78, 5) is 17.5. The zero-order chi connectivity index (χ0) is 20.6. The van der Waals surface area contributed by atoms with E-state index in [0.717, 1.165) is 15.4 Å². The molecule has 1 aliphatic heterocycles. The van der Waals surface area contributed by atoms with E-state index in [0.29, 0.717) is 60.7 Å². The molecule has 3 aromatic rings. The van der Waals surface area contributed by atoms with Crippen LogP contribution in [0.2, 0.25) is 0 Å². The van der Waals surface area contributed by atoms with Crippen molar-refractivity contribution >= 4 is 28.2 Å². The molecule has 4 rings (SSSR count). The Morgan fingerprint density at radius 2 is 2.10 bits per heavy atom. The van der Waals surface area contributed by atoms with Crippen molar-refractivity contribution in [3.8, 4) is 5.75 Å². The van der Waals surface area contributed by atoms with E-state index in [-0.39, 0.29) is 6.61 Å². The summed E-state index contributed by atoms with van der Waals surface area (Å²) >= 11 is 1.57. The van der Waals surface area contributed by atoms with Crippen LogP contribution in [-0.4, -0.2) is 35.8 Å². The van der Waals surface area contributed by atoms with Gasteiger partial charge in [-0.2, -0.15) is 0 Å². The van der Waals surface area contributed by atoms with Crippen molar-refractivity contribution in [1.82, 2.24) is 4.98 Å². The first-order chi connectivity index (χ1) is 13.9. The molecule has 0 spiro atoms. The number of hydrogen-bond donors (Lipinski definition) is 2. The summed E-state index contributed by atoms with van der Waals surface area (Å²) in [6.45, 7) is 4.97. The molecule has 1 saturated heterocycles. The summed E-state index contributed by atoms with van der Waals surface area (Å²) < 4.78 is 17.6. The van der Waals surface area contributed by atoms with Gasteiger partial charge in [-0.3, -0.25) is 4.79 Å². The largest absolute Gasteiger partial charge is 0.488 e. The number of thiazole rings is 1. The Balaban J connectivity index is 1.90. The number of aryl methyl sites for hydroxylation is 2. The standard InChI is InChI=1S/C21H24N2O5S/c1-12-17(20(22)25)18-15(28-12)3-4-16(27-10-14-9-23-13(2)29-14)19(18)21(11-24)5-7-26-8-6-21/h3-4,9,24H,5-8,10-11H2,1-2H3,(H2,22,25). The summed E-state index contributed by atoms with van der Waals surface area (Å²) in [5, 5.41) is 12.0. The van der Waals surface area contributed by atoms with Crippen molar-refractivity contribution in [2.45, 2.75) is 38.7 Å². The number of carbonyl (C=O) groups is 1. The van der Waals surface area contributed by atoms with Crippen LogP contribution >= 0.6 is 11.3 Å². The molecule has 1 aliphatic rings. The Morgan fingerprint density at radius 1 is 1.34 bits per heavy atom. The minimum absolute atomic E-state index is 0.0894. The Hall–Kier alpha value is -2.42. The molecule has 2 aromatic heterocycles. The van der Waals surface area contributed by atoms with E-state index < -0.39 is 11.3 Å². The van der Waals surface area contributed by atoms with Crippen LogP contribution in [0.5, 0.6) is 5.75 Å². The average molecular weight is 416 g/mol. The highest BCUT2D eigenvalue weighted by Crippen LogP contribution is 2.46. The summed E-state index contributed by atoms with van der Waals surface area (Å²) in [7, 11) is 0. The third kappa shape index (κ3) is 3.52. The van der Waals surface area contributed by atoms with Crippen LogP contribution in [0.4, 0.5) is 0 Å². The first kappa shape index (κ1) is 19.9.